The topological polar surface area (TPSA) is 57.4 Å². The summed E-state index contributed by atoms with van der Waals surface area (Å²) in [4.78, 5) is 4.31. The molecule has 19 heavy (non-hydrogen) atoms. The van der Waals surface area contributed by atoms with Gasteiger partial charge in [0, 0.05) is 23.5 Å². The normalized spacial score (nSPS) is 24.7. The van der Waals surface area contributed by atoms with Gasteiger partial charge in [0.25, 0.3) is 0 Å². The van der Waals surface area contributed by atoms with Crippen molar-refractivity contribution in [2.24, 2.45) is 0 Å². The molecule has 0 unspecified atom stereocenters. The van der Waals surface area contributed by atoms with E-state index in [0.29, 0.717) is 5.92 Å². The number of aromatic nitrogens is 1. The zero-order valence-corrected chi connectivity index (χ0v) is 12.1. The minimum absolute atomic E-state index is 0.348. The Morgan fingerprint density at radius 1 is 1.16 bits per heavy atom. The zero-order chi connectivity index (χ0) is 13.8. The van der Waals surface area contributed by atoms with Crippen LogP contribution in [-0.4, -0.2) is 23.3 Å². The van der Waals surface area contributed by atoms with Crippen LogP contribution in [0.15, 0.2) is 12.4 Å². The fourth-order valence-corrected chi connectivity index (χ4v) is 2.38. The minimum atomic E-state index is -0.420. The van der Waals surface area contributed by atoms with Gasteiger partial charge in [-0.1, -0.05) is 0 Å². The Bertz CT molecular complexity index is 496. The smallest absolute Gasteiger partial charge is 0.399 e. The van der Waals surface area contributed by atoms with E-state index in [1.807, 2.05) is 33.9 Å². The Balaban J connectivity index is 1.94. The first-order valence-electron chi connectivity index (χ1n) is 6.91. The Morgan fingerprint density at radius 2 is 1.74 bits per heavy atom. The van der Waals surface area contributed by atoms with Gasteiger partial charge in [-0.3, -0.25) is 4.98 Å². The molecule has 1 aliphatic heterocycles. The highest BCUT2D eigenvalue weighted by Crippen LogP contribution is 2.42. The highest BCUT2D eigenvalue weighted by Gasteiger charge is 2.52. The first-order valence-corrected chi connectivity index (χ1v) is 6.91. The average Bonchev–Trinajstić information content (AvgIpc) is 3.08. The van der Waals surface area contributed by atoms with Crippen LogP contribution in [0.4, 0.5) is 5.69 Å². The van der Waals surface area contributed by atoms with E-state index in [4.69, 9.17) is 15.0 Å². The lowest BCUT2D eigenvalue weighted by Crippen LogP contribution is -2.41. The molecule has 1 aliphatic carbocycles. The van der Waals surface area contributed by atoms with E-state index in [9.17, 15) is 0 Å². The maximum absolute atomic E-state index is 6.28. The maximum atomic E-state index is 6.28. The second-order valence-electron chi connectivity index (χ2n) is 6.59. The van der Waals surface area contributed by atoms with Gasteiger partial charge in [0.2, 0.25) is 0 Å². The van der Waals surface area contributed by atoms with Gasteiger partial charge in [-0.2, -0.15) is 0 Å². The number of anilines is 1. The minimum Gasteiger partial charge on any atom is -0.399 e. The predicted molar refractivity (Wildman–Crippen MR) is 76.3 cm³/mol. The third kappa shape index (κ3) is 2.05. The van der Waals surface area contributed by atoms with E-state index in [1.54, 1.807) is 6.20 Å². The lowest BCUT2D eigenvalue weighted by molar-refractivity contribution is 0.00578. The highest BCUT2D eigenvalue weighted by molar-refractivity contribution is 6.63. The largest absolute Gasteiger partial charge is 0.498 e. The molecule has 1 aromatic rings. The summed E-state index contributed by atoms with van der Waals surface area (Å²) in [5, 5.41) is 0. The number of hydrogen-bond donors (Lipinski definition) is 1. The molecule has 1 aromatic heterocycles. The summed E-state index contributed by atoms with van der Waals surface area (Å²) in [6.07, 6.45) is 6.06. The van der Waals surface area contributed by atoms with Gasteiger partial charge in [-0.15, -0.1) is 0 Å². The maximum Gasteiger partial charge on any atom is 0.498 e. The Hall–Kier alpha value is -1.07. The number of nitrogens with zero attached hydrogens (tertiary/aromatic N) is 1. The van der Waals surface area contributed by atoms with Crippen molar-refractivity contribution in [1.82, 2.24) is 4.98 Å². The molecule has 0 radical (unpaired) electrons. The zero-order valence-electron chi connectivity index (χ0n) is 12.1. The molecule has 1 saturated heterocycles. The number of rotatable bonds is 2. The lowest BCUT2D eigenvalue weighted by atomic mass is 9.78. The fraction of sp³-hybridized carbons (Fsp3) is 0.643. The van der Waals surface area contributed by atoms with Gasteiger partial charge in [-0.25, -0.2) is 0 Å². The Kier molecular flexibility index (Phi) is 2.70. The van der Waals surface area contributed by atoms with Crippen LogP contribution >= 0.6 is 0 Å². The van der Waals surface area contributed by atoms with Crippen molar-refractivity contribution in [2.75, 3.05) is 5.73 Å². The molecule has 2 N–H and O–H groups in total. The molecule has 0 spiro atoms. The molecule has 0 atom stereocenters. The highest BCUT2D eigenvalue weighted by atomic mass is 16.7. The molecule has 102 valence electrons. The summed E-state index contributed by atoms with van der Waals surface area (Å²) in [6, 6.07) is 0. The number of nitrogen functional groups attached to an aromatic ring is 1. The first kappa shape index (κ1) is 12.9. The van der Waals surface area contributed by atoms with Crippen LogP contribution in [0.2, 0.25) is 0 Å². The van der Waals surface area contributed by atoms with Crippen molar-refractivity contribution in [3.63, 3.8) is 0 Å². The molecule has 2 heterocycles. The second kappa shape index (κ2) is 3.96. The molecule has 1 saturated carbocycles. The SMILES string of the molecule is CC1(C)OB(c2cncc(C3CC3)c2N)OC1(C)C. The molecule has 3 rings (SSSR count). The van der Waals surface area contributed by atoms with Crippen molar-refractivity contribution in [3.8, 4) is 0 Å². The molecule has 2 fully saturated rings. The Labute approximate surface area is 114 Å². The van der Waals surface area contributed by atoms with E-state index in [0.717, 1.165) is 16.7 Å². The third-order valence-corrected chi connectivity index (χ3v) is 4.57. The van der Waals surface area contributed by atoms with Crippen molar-refractivity contribution >= 4 is 18.3 Å². The quantitative estimate of drug-likeness (QED) is 0.824. The van der Waals surface area contributed by atoms with Crippen LogP contribution in [0.25, 0.3) is 0 Å². The summed E-state index contributed by atoms with van der Waals surface area (Å²) >= 11 is 0. The van der Waals surface area contributed by atoms with E-state index in [2.05, 4.69) is 4.98 Å². The van der Waals surface area contributed by atoms with Crippen LogP contribution in [-0.2, 0) is 9.31 Å². The third-order valence-electron chi connectivity index (χ3n) is 4.57. The van der Waals surface area contributed by atoms with Gasteiger partial charge < -0.3 is 15.0 Å². The number of pyridine rings is 1. The molecule has 2 aliphatic rings. The average molecular weight is 260 g/mol. The summed E-state index contributed by atoms with van der Waals surface area (Å²) in [5.41, 5.74) is 8.38. The van der Waals surface area contributed by atoms with Crippen molar-refractivity contribution in [1.29, 1.82) is 0 Å². The first-order chi connectivity index (χ1) is 8.82. The van der Waals surface area contributed by atoms with Gasteiger partial charge in [0.05, 0.1) is 11.2 Å². The summed E-state index contributed by atoms with van der Waals surface area (Å²) in [7, 11) is -0.420. The Morgan fingerprint density at radius 3 is 2.26 bits per heavy atom. The monoisotopic (exact) mass is 260 g/mol. The molecule has 5 heteroatoms. The molecular formula is C14H21BN2O2. The summed E-state index contributed by atoms with van der Waals surface area (Å²) in [5.74, 6) is 0.579. The molecule has 4 nitrogen and oxygen atoms in total. The van der Waals surface area contributed by atoms with Gasteiger partial charge in [0.1, 0.15) is 0 Å². The van der Waals surface area contributed by atoms with Crippen LogP contribution in [0, 0.1) is 0 Å². The van der Waals surface area contributed by atoms with Crippen LogP contribution in [0.3, 0.4) is 0 Å². The lowest BCUT2D eigenvalue weighted by Gasteiger charge is -2.32. The van der Waals surface area contributed by atoms with Gasteiger partial charge >= 0.3 is 7.12 Å². The van der Waals surface area contributed by atoms with E-state index >= 15 is 0 Å². The number of nitrogens with two attached hydrogens (primary N) is 1. The van der Waals surface area contributed by atoms with E-state index in [1.165, 1.54) is 12.8 Å². The molecule has 0 aromatic carbocycles. The fourth-order valence-electron chi connectivity index (χ4n) is 2.38. The molecule has 0 amide bonds. The predicted octanol–water partition coefficient (Wildman–Crippen LogP) is 1.84. The van der Waals surface area contributed by atoms with E-state index < -0.39 is 7.12 Å². The van der Waals surface area contributed by atoms with Gasteiger partial charge in [0.15, 0.2) is 0 Å². The van der Waals surface area contributed by atoms with Crippen LogP contribution in [0.1, 0.15) is 52.0 Å². The molecule has 0 bridgehead atoms. The van der Waals surface area contributed by atoms with E-state index in [-0.39, 0.29) is 11.2 Å². The van der Waals surface area contributed by atoms with Crippen molar-refractivity contribution in [2.45, 2.75) is 57.7 Å². The van der Waals surface area contributed by atoms with Gasteiger partial charge in [-0.05, 0) is 52.0 Å². The summed E-state index contributed by atoms with van der Waals surface area (Å²) < 4.78 is 12.1. The van der Waals surface area contributed by atoms with Crippen molar-refractivity contribution in [3.05, 3.63) is 18.0 Å². The standard InChI is InChI=1S/C14H21BN2O2/c1-13(2)14(3,4)19-15(18-13)11-8-17-7-10(12(11)16)9-5-6-9/h7-9H,5-6H2,1-4H3,(H2,16,17). The van der Waals surface area contributed by atoms with Crippen LogP contribution in [0.5, 0.6) is 0 Å². The van der Waals surface area contributed by atoms with Crippen LogP contribution < -0.4 is 11.2 Å². The molecular weight excluding hydrogens is 239 g/mol. The second-order valence-corrected chi connectivity index (χ2v) is 6.59. The number of hydrogen-bond acceptors (Lipinski definition) is 4. The van der Waals surface area contributed by atoms with Crippen molar-refractivity contribution < 1.29 is 9.31 Å². The summed E-state index contributed by atoms with van der Waals surface area (Å²) in [6.45, 7) is 8.17.